The van der Waals surface area contributed by atoms with E-state index in [4.69, 9.17) is 14.4 Å². The van der Waals surface area contributed by atoms with E-state index in [1.54, 1.807) is 0 Å². The molecule has 0 saturated carbocycles. The largest absolute Gasteiger partial charge is 0.452 e. The molecule has 0 fully saturated rings. The van der Waals surface area contributed by atoms with Crippen LogP contribution in [0.25, 0.3) is 61.3 Å². The first-order valence-electron chi connectivity index (χ1n) is 11.8. The summed E-state index contributed by atoms with van der Waals surface area (Å²) in [5, 5.41) is 1.00. The minimum Gasteiger partial charge on any atom is -0.452 e. The van der Waals surface area contributed by atoms with Crippen LogP contribution < -0.4 is 0 Å². The number of hydrogen-bond acceptors (Lipinski definition) is 3. The molecular formula is C32H24N2O. The fourth-order valence-electron chi connectivity index (χ4n) is 4.47. The Morgan fingerprint density at radius 3 is 2.00 bits per heavy atom. The van der Waals surface area contributed by atoms with Crippen LogP contribution >= 0.6 is 0 Å². The molecule has 0 aliphatic heterocycles. The molecule has 6 rings (SSSR count). The van der Waals surface area contributed by atoms with Gasteiger partial charge in [0, 0.05) is 10.9 Å². The molecule has 4 aromatic carbocycles. The predicted octanol–water partition coefficient (Wildman–Crippen LogP) is 8.80. The van der Waals surface area contributed by atoms with Crippen molar-refractivity contribution in [1.29, 1.82) is 0 Å². The van der Waals surface area contributed by atoms with Gasteiger partial charge in [0.05, 0.1) is 0 Å². The zero-order chi connectivity index (χ0) is 23.8. The molecule has 0 unspecified atom stereocenters. The van der Waals surface area contributed by atoms with Crippen molar-refractivity contribution in [3.63, 3.8) is 0 Å². The summed E-state index contributed by atoms with van der Waals surface area (Å²) in [6, 6.07) is 35.6. The van der Waals surface area contributed by atoms with Crippen molar-refractivity contribution in [2.24, 2.45) is 0 Å². The van der Waals surface area contributed by atoms with Gasteiger partial charge in [-0.3, -0.25) is 0 Å². The number of allylic oxidation sites excluding steroid dienone is 2. The van der Waals surface area contributed by atoms with E-state index in [-0.39, 0.29) is 0 Å². The summed E-state index contributed by atoms with van der Waals surface area (Å²) in [6.45, 7) is 4.08. The number of rotatable bonds is 4. The minimum atomic E-state index is 0.696. The van der Waals surface area contributed by atoms with Crippen LogP contribution in [0.15, 0.2) is 114 Å². The number of benzene rings is 4. The van der Waals surface area contributed by atoms with Gasteiger partial charge >= 0.3 is 0 Å². The zero-order valence-electron chi connectivity index (χ0n) is 19.7. The number of aromatic nitrogens is 2. The Morgan fingerprint density at radius 1 is 0.657 bits per heavy atom. The van der Waals surface area contributed by atoms with Crippen LogP contribution in [-0.4, -0.2) is 9.97 Å². The third kappa shape index (κ3) is 3.81. The van der Waals surface area contributed by atoms with E-state index >= 15 is 0 Å². The molecule has 0 amide bonds. The average Bonchev–Trinajstić information content (AvgIpc) is 3.31. The highest BCUT2D eigenvalue weighted by molar-refractivity contribution is 6.05. The quantitative estimate of drug-likeness (QED) is 0.268. The van der Waals surface area contributed by atoms with Crippen molar-refractivity contribution in [2.45, 2.75) is 13.8 Å². The van der Waals surface area contributed by atoms with Crippen molar-refractivity contribution < 1.29 is 4.42 Å². The summed E-state index contributed by atoms with van der Waals surface area (Å²) in [5.74, 6) is 0.696. The molecule has 0 radical (unpaired) electrons. The number of furan rings is 1. The van der Waals surface area contributed by atoms with Gasteiger partial charge in [-0.15, -0.1) is 0 Å². The lowest BCUT2D eigenvalue weighted by Crippen LogP contribution is -1.96. The summed E-state index contributed by atoms with van der Waals surface area (Å²) in [4.78, 5) is 9.94. The van der Waals surface area contributed by atoms with E-state index in [2.05, 4.69) is 91.9 Å². The molecule has 6 aromatic rings. The number of para-hydroxylation sites is 1. The van der Waals surface area contributed by atoms with Gasteiger partial charge in [-0.2, -0.15) is 0 Å². The van der Waals surface area contributed by atoms with Crippen LogP contribution in [0.5, 0.6) is 0 Å². The maximum atomic E-state index is 6.18. The Morgan fingerprint density at radius 2 is 1.26 bits per heavy atom. The Hall–Kier alpha value is -4.50. The molecule has 2 heterocycles. The molecule has 3 heteroatoms. The standard InChI is InChI=1S/C32H24N2O/c1-3-21(2)29-31-30(27-17-7-8-18-28(27)35-31)34-32(33-29)26-16-10-15-25(20-26)24-14-9-13-23(19-24)22-11-5-4-6-12-22/h3-20H,1-2H3. The van der Waals surface area contributed by atoms with Gasteiger partial charge in [-0.05, 0) is 65.9 Å². The van der Waals surface area contributed by atoms with Gasteiger partial charge in [-0.1, -0.05) is 84.9 Å². The highest BCUT2D eigenvalue weighted by Crippen LogP contribution is 2.34. The maximum Gasteiger partial charge on any atom is 0.179 e. The lowest BCUT2D eigenvalue weighted by Gasteiger charge is -2.09. The van der Waals surface area contributed by atoms with Gasteiger partial charge in [0.25, 0.3) is 0 Å². The second-order valence-electron chi connectivity index (χ2n) is 8.67. The lowest BCUT2D eigenvalue weighted by atomic mass is 9.98. The molecule has 0 aliphatic rings. The molecular weight excluding hydrogens is 428 g/mol. The summed E-state index contributed by atoms with van der Waals surface area (Å²) < 4.78 is 6.18. The van der Waals surface area contributed by atoms with E-state index in [9.17, 15) is 0 Å². The Balaban J connectivity index is 1.50. The molecule has 0 saturated heterocycles. The first kappa shape index (κ1) is 21.1. The second kappa shape index (κ2) is 8.69. The van der Waals surface area contributed by atoms with Gasteiger partial charge in [0.1, 0.15) is 16.8 Å². The van der Waals surface area contributed by atoms with Crippen molar-refractivity contribution in [1.82, 2.24) is 9.97 Å². The molecule has 0 atom stereocenters. The normalized spacial score (nSPS) is 11.9. The van der Waals surface area contributed by atoms with Crippen LogP contribution in [0.3, 0.4) is 0 Å². The minimum absolute atomic E-state index is 0.696. The maximum absolute atomic E-state index is 6.18. The molecule has 2 aromatic heterocycles. The third-order valence-corrected chi connectivity index (χ3v) is 6.45. The van der Waals surface area contributed by atoms with Crippen LogP contribution in [0, 0.1) is 0 Å². The van der Waals surface area contributed by atoms with E-state index in [0.29, 0.717) is 5.82 Å². The summed E-state index contributed by atoms with van der Waals surface area (Å²) in [7, 11) is 0. The van der Waals surface area contributed by atoms with E-state index in [1.165, 1.54) is 11.1 Å². The Kier molecular flexibility index (Phi) is 5.23. The molecule has 0 spiro atoms. The van der Waals surface area contributed by atoms with Gasteiger partial charge in [-0.25, -0.2) is 9.97 Å². The molecule has 0 bridgehead atoms. The third-order valence-electron chi connectivity index (χ3n) is 6.45. The van der Waals surface area contributed by atoms with Crippen molar-refractivity contribution in [3.05, 3.63) is 115 Å². The monoisotopic (exact) mass is 452 g/mol. The summed E-state index contributed by atoms with van der Waals surface area (Å²) in [5.41, 5.74) is 9.97. The van der Waals surface area contributed by atoms with Crippen LogP contribution in [-0.2, 0) is 0 Å². The smallest absolute Gasteiger partial charge is 0.179 e. The first-order valence-corrected chi connectivity index (χ1v) is 11.8. The van der Waals surface area contributed by atoms with Crippen molar-refractivity contribution in [3.8, 4) is 33.6 Å². The highest BCUT2D eigenvalue weighted by Gasteiger charge is 2.17. The fourth-order valence-corrected chi connectivity index (χ4v) is 4.47. The molecule has 3 nitrogen and oxygen atoms in total. The van der Waals surface area contributed by atoms with E-state index < -0.39 is 0 Å². The van der Waals surface area contributed by atoms with Crippen LogP contribution in [0.4, 0.5) is 0 Å². The lowest BCUT2D eigenvalue weighted by molar-refractivity contribution is 0.664. The van der Waals surface area contributed by atoms with Gasteiger partial charge in [0.2, 0.25) is 0 Å². The SMILES string of the molecule is CC=C(C)c1nc(-c2cccc(-c3cccc(-c4ccccc4)c3)c2)nc2c1oc1ccccc12. The number of nitrogens with zero attached hydrogens (tertiary/aromatic N) is 2. The van der Waals surface area contributed by atoms with Crippen LogP contribution in [0.1, 0.15) is 19.5 Å². The number of fused-ring (bicyclic) bond motifs is 3. The van der Waals surface area contributed by atoms with E-state index in [1.807, 2.05) is 31.2 Å². The Bertz CT molecular complexity index is 1710. The summed E-state index contributed by atoms with van der Waals surface area (Å²) in [6.07, 6.45) is 2.06. The van der Waals surface area contributed by atoms with Crippen molar-refractivity contribution in [2.75, 3.05) is 0 Å². The Labute approximate surface area is 204 Å². The second-order valence-corrected chi connectivity index (χ2v) is 8.67. The van der Waals surface area contributed by atoms with Crippen LogP contribution in [0.2, 0.25) is 0 Å². The van der Waals surface area contributed by atoms with Gasteiger partial charge < -0.3 is 4.42 Å². The molecule has 0 N–H and O–H groups in total. The topological polar surface area (TPSA) is 38.9 Å². The zero-order valence-corrected chi connectivity index (χ0v) is 19.7. The predicted molar refractivity (Wildman–Crippen MR) is 145 cm³/mol. The first-order chi connectivity index (χ1) is 17.2. The number of hydrogen-bond donors (Lipinski definition) is 0. The summed E-state index contributed by atoms with van der Waals surface area (Å²) >= 11 is 0. The molecule has 35 heavy (non-hydrogen) atoms. The van der Waals surface area contributed by atoms with Gasteiger partial charge in [0.15, 0.2) is 11.4 Å². The van der Waals surface area contributed by atoms with Crippen molar-refractivity contribution >= 4 is 27.6 Å². The average molecular weight is 453 g/mol. The van der Waals surface area contributed by atoms with E-state index in [0.717, 1.165) is 50.0 Å². The molecule has 168 valence electrons. The highest BCUT2D eigenvalue weighted by atomic mass is 16.3. The fraction of sp³-hybridized carbons (Fsp3) is 0.0625. The molecule has 0 aliphatic carbocycles.